The minimum Gasteiger partial charge on any atom is -0.386 e. The van der Waals surface area contributed by atoms with Crippen molar-refractivity contribution >= 4 is 15.9 Å². The van der Waals surface area contributed by atoms with Crippen LogP contribution in [0.1, 0.15) is 36.8 Å². The molecule has 1 aliphatic heterocycles. The van der Waals surface area contributed by atoms with Crippen molar-refractivity contribution in [1.29, 1.82) is 0 Å². The SMILES string of the molecule is C[C@]12C(=O)C=CC[C@]1(O)[C@H]1O[C@H]1[C@H]1c3ccc(OS(=O)(=O)C(F)(F)C(F)(F)C(F)(F)C(F)(F)F)cc3CC[C@@H]12. The second kappa shape index (κ2) is 7.90. The molecule has 0 radical (unpaired) electrons. The van der Waals surface area contributed by atoms with Gasteiger partial charge in [-0.15, -0.1) is 0 Å². The van der Waals surface area contributed by atoms with Crippen molar-refractivity contribution in [2.24, 2.45) is 11.3 Å². The minimum atomic E-state index is -7.41. The number of carbonyl (C=O) groups is 1. The van der Waals surface area contributed by atoms with Crippen LogP contribution in [0.5, 0.6) is 5.75 Å². The number of hydrogen-bond donors (Lipinski definition) is 1. The Kier molecular flexibility index (Phi) is 5.71. The maximum Gasteiger partial charge on any atom is 0.460 e. The number of ether oxygens (including phenoxy) is 1. The Morgan fingerprint density at radius 3 is 2.31 bits per heavy atom. The molecule has 6 atom stereocenters. The average molecular weight is 594 g/mol. The molecule has 5 rings (SSSR count). The van der Waals surface area contributed by atoms with Crippen molar-refractivity contribution in [3.05, 3.63) is 41.5 Å². The van der Waals surface area contributed by atoms with Crippen LogP contribution in [0.15, 0.2) is 30.4 Å². The summed E-state index contributed by atoms with van der Waals surface area (Å²) in [6.45, 7) is 1.61. The lowest BCUT2D eigenvalue weighted by Crippen LogP contribution is -2.65. The molecule has 0 spiro atoms. The number of carbonyl (C=O) groups excluding carboxylic acids is 1. The minimum absolute atomic E-state index is 0.0759. The summed E-state index contributed by atoms with van der Waals surface area (Å²) in [7, 11) is -7.08. The van der Waals surface area contributed by atoms with Crippen molar-refractivity contribution in [2.75, 3.05) is 0 Å². The third-order valence-electron chi connectivity index (χ3n) is 8.47. The summed E-state index contributed by atoms with van der Waals surface area (Å²) >= 11 is 0. The first-order valence-corrected chi connectivity index (χ1v) is 12.9. The average Bonchev–Trinajstić information content (AvgIpc) is 3.61. The summed E-state index contributed by atoms with van der Waals surface area (Å²) in [5, 5.41) is 4.42. The summed E-state index contributed by atoms with van der Waals surface area (Å²) in [5.74, 6) is -17.1. The number of halogens is 9. The van der Waals surface area contributed by atoms with E-state index in [0.29, 0.717) is 5.56 Å². The summed E-state index contributed by atoms with van der Waals surface area (Å²) in [4.78, 5) is 13.0. The lowest BCUT2D eigenvalue weighted by atomic mass is 9.48. The molecular formula is C23H19F9O6S. The van der Waals surface area contributed by atoms with Crippen LogP contribution in [0, 0.1) is 11.3 Å². The number of benzene rings is 1. The van der Waals surface area contributed by atoms with E-state index >= 15 is 0 Å². The van der Waals surface area contributed by atoms with Gasteiger partial charge in [0.15, 0.2) is 5.78 Å². The molecule has 0 aromatic heterocycles. The van der Waals surface area contributed by atoms with Crippen molar-refractivity contribution in [1.82, 2.24) is 0 Å². The lowest BCUT2D eigenvalue weighted by molar-refractivity contribution is -0.382. The number of allylic oxidation sites excluding steroid dienone is 1. The van der Waals surface area contributed by atoms with E-state index in [9.17, 15) is 57.8 Å². The van der Waals surface area contributed by atoms with Crippen LogP contribution in [-0.4, -0.2) is 60.4 Å². The van der Waals surface area contributed by atoms with Crippen LogP contribution in [0.2, 0.25) is 0 Å². The third kappa shape index (κ3) is 3.42. The molecule has 39 heavy (non-hydrogen) atoms. The number of aryl methyl sites for hydroxylation is 1. The molecular weight excluding hydrogens is 575 g/mol. The highest BCUT2D eigenvalue weighted by Gasteiger charge is 2.86. The molecule has 0 unspecified atom stereocenters. The predicted octanol–water partition coefficient (Wildman–Crippen LogP) is 4.51. The van der Waals surface area contributed by atoms with E-state index in [0.717, 1.165) is 12.1 Å². The van der Waals surface area contributed by atoms with Crippen molar-refractivity contribution in [3.8, 4) is 5.75 Å². The van der Waals surface area contributed by atoms with Gasteiger partial charge in [-0.25, -0.2) is 0 Å². The van der Waals surface area contributed by atoms with Crippen LogP contribution >= 0.6 is 0 Å². The van der Waals surface area contributed by atoms with E-state index in [1.165, 1.54) is 12.1 Å². The molecule has 4 aliphatic rings. The lowest BCUT2D eigenvalue weighted by Gasteiger charge is -2.55. The van der Waals surface area contributed by atoms with Gasteiger partial charge < -0.3 is 14.0 Å². The van der Waals surface area contributed by atoms with Crippen molar-refractivity contribution < 1.29 is 66.8 Å². The molecule has 216 valence electrons. The van der Waals surface area contributed by atoms with Gasteiger partial charge in [0.1, 0.15) is 17.5 Å². The topological polar surface area (TPSA) is 93.2 Å². The fraction of sp³-hybridized carbons (Fsp3) is 0.609. The van der Waals surface area contributed by atoms with Gasteiger partial charge in [-0.05, 0) is 61.4 Å². The first-order chi connectivity index (χ1) is 17.6. The van der Waals surface area contributed by atoms with E-state index in [-0.39, 0.29) is 30.6 Å². The maximum absolute atomic E-state index is 14.1. The van der Waals surface area contributed by atoms with Gasteiger partial charge in [-0.2, -0.15) is 47.9 Å². The quantitative estimate of drug-likeness (QED) is 0.307. The van der Waals surface area contributed by atoms with Crippen LogP contribution in [0.3, 0.4) is 0 Å². The Balaban J connectivity index is 1.46. The second-order valence-electron chi connectivity index (χ2n) is 10.4. The van der Waals surface area contributed by atoms with Gasteiger partial charge >= 0.3 is 33.4 Å². The van der Waals surface area contributed by atoms with E-state index in [1.807, 2.05) is 0 Å². The molecule has 1 aromatic carbocycles. The van der Waals surface area contributed by atoms with Gasteiger partial charge in [0.25, 0.3) is 0 Å². The highest BCUT2D eigenvalue weighted by molar-refractivity contribution is 7.88. The third-order valence-corrected chi connectivity index (χ3v) is 9.76. The summed E-state index contributed by atoms with van der Waals surface area (Å²) in [6, 6.07) is 2.80. The van der Waals surface area contributed by atoms with Crippen LogP contribution in [0.25, 0.3) is 0 Å². The molecule has 1 N–H and O–H groups in total. The van der Waals surface area contributed by atoms with Gasteiger partial charge in [0, 0.05) is 5.92 Å². The van der Waals surface area contributed by atoms with E-state index in [4.69, 9.17) is 4.74 Å². The molecule has 1 saturated carbocycles. The van der Waals surface area contributed by atoms with Crippen molar-refractivity contribution in [3.63, 3.8) is 0 Å². The molecule has 1 aromatic rings. The predicted molar refractivity (Wildman–Crippen MR) is 112 cm³/mol. The van der Waals surface area contributed by atoms with Crippen LogP contribution in [-0.2, 0) is 26.1 Å². The summed E-state index contributed by atoms with van der Waals surface area (Å²) in [6.07, 6.45) is -5.07. The Hall–Kier alpha value is -2.33. The fourth-order valence-electron chi connectivity index (χ4n) is 6.27. The Bertz CT molecular complexity index is 1370. The molecule has 0 amide bonds. The smallest absolute Gasteiger partial charge is 0.386 e. The zero-order chi connectivity index (χ0) is 29.2. The second-order valence-corrected chi connectivity index (χ2v) is 11.9. The highest BCUT2D eigenvalue weighted by Crippen LogP contribution is 2.66. The van der Waals surface area contributed by atoms with Gasteiger partial charge in [-0.1, -0.05) is 12.1 Å². The summed E-state index contributed by atoms with van der Waals surface area (Å²) < 4.78 is 152. The number of ketones is 1. The maximum atomic E-state index is 14.1. The van der Waals surface area contributed by atoms with E-state index in [2.05, 4.69) is 4.18 Å². The van der Waals surface area contributed by atoms with Crippen LogP contribution < -0.4 is 4.18 Å². The number of aliphatic hydroxyl groups is 1. The van der Waals surface area contributed by atoms with Gasteiger partial charge in [-0.3, -0.25) is 4.79 Å². The fourth-order valence-corrected chi connectivity index (χ4v) is 7.18. The first kappa shape index (κ1) is 28.2. The highest BCUT2D eigenvalue weighted by atomic mass is 32.2. The number of fused-ring (bicyclic) bond motifs is 8. The molecule has 1 saturated heterocycles. The Morgan fingerprint density at radius 2 is 1.69 bits per heavy atom. The number of rotatable bonds is 5. The van der Waals surface area contributed by atoms with E-state index < -0.39 is 74.2 Å². The Labute approximate surface area is 214 Å². The van der Waals surface area contributed by atoms with Crippen LogP contribution in [0.4, 0.5) is 39.5 Å². The zero-order valence-corrected chi connectivity index (χ0v) is 20.4. The first-order valence-electron chi connectivity index (χ1n) is 11.5. The molecule has 3 aliphatic carbocycles. The van der Waals surface area contributed by atoms with Crippen molar-refractivity contribution in [2.45, 2.75) is 73.2 Å². The molecule has 16 heteroatoms. The monoisotopic (exact) mass is 594 g/mol. The zero-order valence-electron chi connectivity index (χ0n) is 19.6. The largest absolute Gasteiger partial charge is 0.460 e. The number of hydrogen-bond acceptors (Lipinski definition) is 6. The molecule has 2 fully saturated rings. The molecule has 1 heterocycles. The number of epoxide rings is 1. The van der Waals surface area contributed by atoms with Gasteiger partial charge in [0.05, 0.1) is 11.5 Å². The number of alkyl halides is 9. The van der Waals surface area contributed by atoms with E-state index in [1.54, 1.807) is 13.0 Å². The molecule has 0 bridgehead atoms. The molecule has 6 nitrogen and oxygen atoms in total. The normalized spacial score (nSPS) is 34.5. The Morgan fingerprint density at radius 1 is 1.05 bits per heavy atom. The summed E-state index contributed by atoms with van der Waals surface area (Å²) in [5.41, 5.74) is -2.00. The standard InChI is InChI=1S/C23H19F9O6S/c1-18-13-7-4-10-9-11(38-39(35,36)23(31,32)21(26,27)20(24,25)22(28,29)30)5-6-12(10)15(13)16-17(37-16)19(18,34)8-2-3-14(18)33/h2-3,5-6,9,13,15-17,34H,4,7-8H2,1H3/t13-,15-,16-,17-,18-,19-/m0/s1. The van der Waals surface area contributed by atoms with Gasteiger partial charge in [0.2, 0.25) is 0 Å².